The summed E-state index contributed by atoms with van der Waals surface area (Å²) in [6, 6.07) is 0. The van der Waals surface area contributed by atoms with Crippen molar-refractivity contribution in [2.75, 3.05) is 18.4 Å². The van der Waals surface area contributed by atoms with E-state index in [0.29, 0.717) is 0 Å². The number of amides is 1. The number of carbonyl (C=O) groups excluding carboxylic acids is 1. The van der Waals surface area contributed by atoms with Gasteiger partial charge in [0.1, 0.15) is 0 Å². The molecule has 1 aromatic heterocycles. The number of aromatic amines is 1. The molecule has 1 amide bonds. The van der Waals surface area contributed by atoms with E-state index in [4.69, 9.17) is 0 Å². The molecule has 5 heteroatoms. The van der Waals surface area contributed by atoms with Crippen LogP contribution >= 0.6 is 0 Å². The van der Waals surface area contributed by atoms with Gasteiger partial charge in [-0.05, 0) is 33.2 Å². The maximum atomic E-state index is 12.0. The van der Waals surface area contributed by atoms with Crippen molar-refractivity contribution in [1.82, 2.24) is 15.5 Å². The largest absolute Gasteiger partial charge is 0.323 e. The molecule has 1 atom stereocenters. The molecule has 88 valence electrons. The van der Waals surface area contributed by atoms with E-state index >= 15 is 0 Å². The van der Waals surface area contributed by atoms with Gasteiger partial charge in [0.2, 0.25) is 5.91 Å². The van der Waals surface area contributed by atoms with Gasteiger partial charge in [-0.1, -0.05) is 0 Å². The number of nitrogens with one attached hydrogen (secondary N) is 3. The molecule has 1 fully saturated rings. The average Bonchev–Trinajstić information content (AvgIpc) is 2.62. The molecule has 0 unspecified atom stereocenters. The second-order valence-corrected chi connectivity index (χ2v) is 4.34. The lowest BCUT2D eigenvalue weighted by molar-refractivity contribution is -0.120. The Labute approximate surface area is 95.0 Å². The van der Waals surface area contributed by atoms with E-state index in [1.165, 1.54) is 0 Å². The van der Waals surface area contributed by atoms with Gasteiger partial charge in [-0.15, -0.1) is 0 Å². The minimum Gasteiger partial charge on any atom is -0.323 e. The summed E-state index contributed by atoms with van der Waals surface area (Å²) < 4.78 is 0. The van der Waals surface area contributed by atoms with Gasteiger partial charge in [-0.25, -0.2) is 0 Å². The molecule has 0 spiro atoms. The van der Waals surface area contributed by atoms with Gasteiger partial charge in [-0.2, -0.15) is 5.10 Å². The van der Waals surface area contributed by atoms with Crippen LogP contribution in [-0.4, -0.2) is 29.2 Å². The molecule has 3 N–H and O–H groups in total. The highest BCUT2D eigenvalue weighted by molar-refractivity contribution is 5.93. The lowest BCUT2D eigenvalue weighted by atomic mass is 9.99. The predicted octanol–water partition coefficient (Wildman–Crippen LogP) is 0.965. The number of hydrogen-bond acceptors (Lipinski definition) is 3. The standard InChI is InChI=1S/C11H18N4O/c1-7-10(8(2)15-14-7)13-11(16)9-4-3-5-12-6-9/h9,12H,3-6H2,1-2H3,(H,13,16)(H,14,15)/t9-/m1/s1. The summed E-state index contributed by atoms with van der Waals surface area (Å²) in [5.74, 6) is 0.183. The second-order valence-electron chi connectivity index (χ2n) is 4.34. The van der Waals surface area contributed by atoms with Crippen LogP contribution in [0.3, 0.4) is 0 Å². The Morgan fingerprint density at radius 1 is 1.50 bits per heavy atom. The summed E-state index contributed by atoms with van der Waals surface area (Å²) in [6.45, 7) is 5.60. The van der Waals surface area contributed by atoms with Gasteiger partial charge >= 0.3 is 0 Å². The van der Waals surface area contributed by atoms with E-state index in [2.05, 4.69) is 20.8 Å². The van der Waals surface area contributed by atoms with Gasteiger partial charge in [0.15, 0.2) is 0 Å². The number of piperidine rings is 1. The number of carbonyl (C=O) groups is 1. The SMILES string of the molecule is Cc1n[nH]c(C)c1NC(=O)[C@@H]1CCCNC1. The van der Waals surface area contributed by atoms with Crippen LogP contribution in [0, 0.1) is 19.8 Å². The Kier molecular flexibility index (Phi) is 3.24. The third kappa shape index (κ3) is 2.24. The zero-order valence-electron chi connectivity index (χ0n) is 9.76. The molecular formula is C11H18N4O. The Morgan fingerprint density at radius 2 is 2.31 bits per heavy atom. The third-order valence-electron chi connectivity index (χ3n) is 3.04. The fourth-order valence-corrected chi connectivity index (χ4v) is 2.04. The van der Waals surface area contributed by atoms with Crippen molar-refractivity contribution in [2.45, 2.75) is 26.7 Å². The fourth-order valence-electron chi connectivity index (χ4n) is 2.04. The first-order chi connectivity index (χ1) is 7.68. The number of rotatable bonds is 2. The highest BCUT2D eigenvalue weighted by Crippen LogP contribution is 2.19. The molecule has 0 bridgehead atoms. The molecule has 2 rings (SSSR count). The van der Waals surface area contributed by atoms with Crippen LogP contribution in [0.4, 0.5) is 5.69 Å². The van der Waals surface area contributed by atoms with E-state index in [9.17, 15) is 4.79 Å². The normalized spacial score (nSPS) is 20.8. The van der Waals surface area contributed by atoms with Crippen molar-refractivity contribution in [3.05, 3.63) is 11.4 Å². The van der Waals surface area contributed by atoms with Crippen LogP contribution in [-0.2, 0) is 4.79 Å². The van der Waals surface area contributed by atoms with Crippen molar-refractivity contribution < 1.29 is 4.79 Å². The summed E-state index contributed by atoms with van der Waals surface area (Å²) in [5.41, 5.74) is 2.58. The van der Waals surface area contributed by atoms with E-state index in [0.717, 1.165) is 43.0 Å². The lowest BCUT2D eigenvalue weighted by Gasteiger charge is -2.21. The van der Waals surface area contributed by atoms with Crippen LogP contribution in [0.5, 0.6) is 0 Å². The zero-order valence-corrected chi connectivity index (χ0v) is 9.76. The number of nitrogens with zero attached hydrogens (tertiary/aromatic N) is 1. The van der Waals surface area contributed by atoms with Gasteiger partial charge in [0.25, 0.3) is 0 Å². The molecule has 0 saturated carbocycles. The number of hydrogen-bond donors (Lipinski definition) is 3. The first kappa shape index (κ1) is 11.1. The number of aromatic nitrogens is 2. The molecule has 0 aromatic carbocycles. The Hall–Kier alpha value is -1.36. The molecule has 0 aliphatic carbocycles. The van der Waals surface area contributed by atoms with Gasteiger partial charge < -0.3 is 10.6 Å². The van der Waals surface area contributed by atoms with Crippen LogP contribution in [0.2, 0.25) is 0 Å². The van der Waals surface area contributed by atoms with E-state index in [1.54, 1.807) is 0 Å². The van der Waals surface area contributed by atoms with Crippen LogP contribution in [0.15, 0.2) is 0 Å². The van der Waals surface area contributed by atoms with Gasteiger partial charge in [-0.3, -0.25) is 9.89 Å². The molecule has 5 nitrogen and oxygen atoms in total. The van der Waals surface area contributed by atoms with Crippen molar-refractivity contribution in [3.63, 3.8) is 0 Å². The third-order valence-corrected chi connectivity index (χ3v) is 3.04. The quantitative estimate of drug-likeness (QED) is 0.698. The van der Waals surface area contributed by atoms with Crippen LogP contribution in [0.25, 0.3) is 0 Å². The van der Waals surface area contributed by atoms with Gasteiger partial charge in [0.05, 0.1) is 23.0 Å². The molecule has 2 heterocycles. The molecule has 0 radical (unpaired) electrons. The summed E-state index contributed by atoms with van der Waals surface area (Å²) in [6.07, 6.45) is 2.04. The minimum atomic E-state index is 0.0856. The highest BCUT2D eigenvalue weighted by atomic mass is 16.1. The number of H-pyrrole nitrogens is 1. The minimum absolute atomic E-state index is 0.0856. The van der Waals surface area contributed by atoms with Crippen molar-refractivity contribution in [2.24, 2.45) is 5.92 Å². The maximum absolute atomic E-state index is 12.0. The van der Waals surface area contributed by atoms with E-state index in [1.807, 2.05) is 13.8 Å². The average molecular weight is 222 g/mol. The zero-order chi connectivity index (χ0) is 11.5. The molecule has 1 aliphatic heterocycles. The van der Waals surface area contributed by atoms with Crippen molar-refractivity contribution in [1.29, 1.82) is 0 Å². The van der Waals surface area contributed by atoms with Crippen molar-refractivity contribution >= 4 is 11.6 Å². The first-order valence-corrected chi connectivity index (χ1v) is 5.71. The smallest absolute Gasteiger partial charge is 0.228 e. The maximum Gasteiger partial charge on any atom is 0.228 e. The Balaban J connectivity index is 2.01. The van der Waals surface area contributed by atoms with Gasteiger partial charge in [0, 0.05) is 6.54 Å². The van der Waals surface area contributed by atoms with E-state index in [-0.39, 0.29) is 11.8 Å². The number of aryl methyl sites for hydroxylation is 2. The lowest BCUT2D eigenvalue weighted by Crippen LogP contribution is -2.37. The van der Waals surface area contributed by atoms with E-state index < -0.39 is 0 Å². The Bertz CT molecular complexity index is 360. The summed E-state index contributed by atoms with van der Waals surface area (Å²) >= 11 is 0. The monoisotopic (exact) mass is 222 g/mol. The molecule has 1 aromatic rings. The van der Waals surface area contributed by atoms with Crippen LogP contribution < -0.4 is 10.6 Å². The molecule has 16 heavy (non-hydrogen) atoms. The number of anilines is 1. The summed E-state index contributed by atoms with van der Waals surface area (Å²) in [4.78, 5) is 12.0. The topological polar surface area (TPSA) is 69.8 Å². The predicted molar refractivity (Wildman–Crippen MR) is 62.3 cm³/mol. The fraction of sp³-hybridized carbons (Fsp3) is 0.636. The summed E-state index contributed by atoms with van der Waals surface area (Å²) in [5, 5.41) is 13.1. The molecular weight excluding hydrogens is 204 g/mol. The Morgan fingerprint density at radius 3 is 2.88 bits per heavy atom. The summed E-state index contributed by atoms with van der Waals surface area (Å²) in [7, 11) is 0. The second kappa shape index (κ2) is 4.65. The molecule has 1 saturated heterocycles. The first-order valence-electron chi connectivity index (χ1n) is 5.71. The van der Waals surface area contributed by atoms with Crippen LogP contribution in [0.1, 0.15) is 24.2 Å². The highest BCUT2D eigenvalue weighted by Gasteiger charge is 2.22. The molecule has 1 aliphatic rings. The van der Waals surface area contributed by atoms with Crippen molar-refractivity contribution in [3.8, 4) is 0 Å².